The van der Waals surface area contributed by atoms with Gasteiger partial charge in [0.05, 0.1) is 17.8 Å². The maximum Gasteiger partial charge on any atom is 0.316 e. The van der Waals surface area contributed by atoms with E-state index in [1.807, 2.05) is 20.8 Å². The summed E-state index contributed by atoms with van der Waals surface area (Å²) in [6.07, 6.45) is 5.13. The number of hydrogen-bond acceptors (Lipinski definition) is 7. The molecule has 8 heteroatoms. The van der Waals surface area contributed by atoms with E-state index in [1.54, 1.807) is 20.8 Å². The monoisotopic (exact) mass is 432 g/mol. The molecule has 3 unspecified atom stereocenters. The molecular weight excluding hydrogens is 392 g/mol. The van der Waals surface area contributed by atoms with Gasteiger partial charge in [0, 0.05) is 13.8 Å². The maximum atomic E-state index is 11.4. The second-order valence-electron chi connectivity index (χ2n) is 7.23. The van der Waals surface area contributed by atoms with Crippen LogP contribution in [0.1, 0.15) is 93.9 Å². The van der Waals surface area contributed by atoms with Gasteiger partial charge in [0.25, 0.3) is 0 Å². The fourth-order valence-electron chi connectivity index (χ4n) is 2.16. The van der Waals surface area contributed by atoms with Gasteiger partial charge in [-0.05, 0) is 19.3 Å². The van der Waals surface area contributed by atoms with Crippen molar-refractivity contribution in [3.8, 4) is 0 Å². The lowest BCUT2D eigenvalue weighted by Crippen LogP contribution is -2.23. The molecule has 0 fully saturated rings. The molecule has 0 rings (SSSR count). The zero-order valence-electron chi connectivity index (χ0n) is 19.8. The molecule has 0 heterocycles. The van der Waals surface area contributed by atoms with Crippen molar-refractivity contribution in [1.82, 2.24) is 0 Å². The second-order valence-corrected chi connectivity index (χ2v) is 7.23. The Labute approximate surface area is 180 Å². The minimum atomic E-state index is -0.688. The average molecular weight is 433 g/mol. The Balaban J connectivity index is -0.000000408. The first-order valence-corrected chi connectivity index (χ1v) is 10.5. The summed E-state index contributed by atoms with van der Waals surface area (Å²) in [6.45, 7) is 13.7. The Kier molecular flexibility index (Phi) is 21.7. The highest BCUT2D eigenvalue weighted by Gasteiger charge is 2.21. The number of aliphatic carboxylic acids is 1. The molecule has 0 aromatic rings. The van der Waals surface area contributed by atoms with E-state index in [9.17, 15) is 24.0 Å². The van der Waals surface area contributed by atoms with E-state index in [0.29, 0.717) is 0 Å². The SMILES string of the molecule is CC(=O)OC(C)=O.CCCC(C)C(=O)O.CCCC(C)C(=O)OC(=O)C(C)CCC. The van der Waals surface area contributed by atoms with Crippen molar-refractivity contribution in [2.75, 3.05) is 0 Å². The minimum absolute atomic E-state index is 0.167. The molecule has 8 nitrogen and oxygen atoms in total. The Morgan fingerprint density at radius 3 is 1.10 bits per heavy atom. The van der Waals surface area contributed by atoms with Crippen LogP contribution in [-0.2, 0) is 33.4 Å². The number of carbonyl (C=O) groups is 5. The number of ether oxygens (including phenoxy) is 2. The van der Waals surface area contributed by atoms with Crippen molar-refractivity contribution in [3.63, 3.8) is 0 Å². The van der Waals surface area contributed by atoms with Gasteiger partial charge in [0.1, 0.15) is 0 Å². The van der Waals surface area contributed by atoms with E-state index in [4.69, 9.17) is 9.84 Å². The van der Waals surface area contributed by atoms with Gasteiger partial charge in [-0.1, -0.05) is 60.8 Å². The van der Waals surface area contributed by atoms with Crippen molar-refractivity contribution in [2.24, 2.45) is 17.8 Å². The standard InChI is InChI=1S/C12H22O3.C6H12O2.C4H6O3/c1-5-7-9(3)11(13)15-12(14)10(4)8-6-2;1-3-4-5(2)6(7)8;1-3(5)7-4(2)6/h9-10H,5-8H2,1-4H3;5H,3-4H2,1-2H3,(H,7,8);1-2H3. The minimum Gasteiger partial charge on any atom is -0.481 e. The van der Waals surface area contributed by atoms with E-state index in [-0.39, 0.29) is 29.7 Å². The van der Waals surface area contributed by atoms with Gasteiger partial charge in [0.15, 0.2) is 0 Å². The molecule has 0 aliphatic rings. The summed E-state index contributed by atoms with van der Waals surface area (Å²) in [5.74, 6) is -3.10. The molecule has 0 amide bonds. The van der Waals surface area contributed by atoms with Gasteiger partial charge in [-0.15, -0.1) is 0 Å². The zero-order chi connectivity index (χ0) is 24.3. The third kappa shape index (κ3) is 22.0. The summed E-state index contributed by atoms with van der Waals surface area (Å²) in [5, 5.41) is 8.31. The smallest absolute Gasteiger partial charge is 0.316 e. The van der Waals surface area contributed by atoms with E-state index < -0.39 is 17.9 Å². The zero-order valence-corrected chi connectivity index (χ0v) is 19.8. The van der Waals surface area contributed by atoms with Crippen molar-refractivity contribution in [3.05, 3.63) is 0 Å². The van der Waals surface area contributed by atoms with Crippen LogP contribution in [0, 0.1) is 17.8 Å². The van der Waals surface area contributed by atoms with E-state index in [0.717, 1.165) is 38.5 Å². The molecule has 0 spiro atoms. The quantitative estimate of drug-likeness (QED) is 0.416. The highest BCUT2D eigenvalue weighted by molar-refractivity contribution is 5.87. The molecule has 0 bridgehead atoms. The molecule has 3 atom stereocenters. The number of carbonyl (C=O) groups excluding carboxylic acids is 4. The van der Waals surface area contributed by atoms with Crippen LogP contribution < -0.4 is 0 Å². The van der Waals surface area contributed by atoms with Crippen molar-refractivity contribution in [2.45, 2.75) is 93.9 Å². The first kappa shape index (κ1) is 32.4. The molecule has 0 aliphatic carbocycles. The molecule has 1 N–H and O–H groups in total. The topological polar surface area (TPSA) is 124 Å². The molecule has 0 aromatic heterocycles. The van der Waals surface area contributed by atoms with Crippen molar-refractivity contribution >= 4 is 29.8 Å². The summed E-state index contributed by atoms with van der Waals surface area (Å²) >= 11 is 0. The summed E-state index contributed by atoms with van der Waals surface area (Å²) < 4.78 is 8.77. The van der Waals surface area contributed by atoms with Crippen LogP contribution in [0.2, 0.25) is 0 Å². The average Bonchev–Trinajstić information content (AvgIpc) is 2.62. The molecule has 176 valence electrons. The largest absolute Gasteiger partial charge is 0.481 e. The van der Waals surface area contributed by atoms with E-state index >= 15 is 0 Å². The molecule has 0 saturated heterocycles. The summed E-state index contributed by atoms with van der Waals surface area (Å²) in [4.78, 5) is 52.5. The highest BCUT2D eigenvalue weighted by Crippen LogP contribution is 2.11. The predicted molar refractivity (Wildman–Crippen MR) is 113 cm³/mol. The van der Waals surface area contributed by atoms with Crippen molar-refractivity contribution < 1.29 is 38.6 Å². The van der Waals surface area contributed by atoms with Crippen LogP contribution >= 0.6 is 0 Å². The van der Waals surface area contributed by atoms with Crippen LogP contribution in [0.3, 0.4) is 0 Å². The lowest BCUT2D eigenvalue weighted by Gasteiger charge is -2.12. The third-order valence-corrected chi connectivity index (χ3v) is 3.88. The Hall–Kier alpha value is -2.25. The number of rotatable bonds is 9. The highest BCUT2D eigenvalue weighted by atomic mass is 16.6. The van der Waals surface area contributed by atoms with Crippen molar-refractivity contribution in [1.29, 1.82) is 0 Å². The Morgan fingerprint density at radius 2 is 0.933 bits per heavy atom. The lowest BCUT2D eigenvalue weighted by atomic mass is 10.1. The molecular formula is C22H40O8. The Morgan fingerprint density at radius 1 is 0.633 bits per heavy atom. The first-order valence-electron chi connectivity index (χ1n) is 10.5. The van der Waals surface area contributed by atoms with Crippen LogP contribution in [0.25, 0.3) is 0 Å². The third-order valence-electron chi connectivity index (χ3n) is 3.88. The number of hydrogen-bond donors (Lipinski definition) is 1. The van der Waals surface area contributed by atoms with Crippen LogP contribution in [0.5, 0.6) is 0 Å². The summed E-state index contributed by atoms with van der Waals surface area (Å²) in [7, 11) is 0. The molecule has 0 aromatic carbocycles. The number of esters is 4. The predicted octanol–water partition coefficient (Wildman–Crippen LogP) is 4.53. The van der Waals surface area contributed by atoms with Gasteiger partial charge in [0.2, 0.25) is 0 Å². The molecule has 0 aliphatic heterocycles. The van der Waals surface area contributed by atoms with Crippen LogP contribution in [-0.4, -0.2) is 35.0 Å². The second kappa shape index (κ2) is 20.0. The lowest BCUT2D eigenvalue weighted by molar-refractivity contribution is -0.165. The van der Waals surface area contributed by atoms with Gasteiger partial charge in [-0.2, -0.15) is 0 Å². The first-order chi connectivity index (χ1) is 13.8. The van der Waals surface area contributed by atoms with Gasteiger partial charge >= 0.3 is 29.8 Å². The number of carboxylic acid groups (broad SMARTS) is 1. The number of carboxylic acids is 1. The summed E-state index contributed by atoms with van der Waals surface area (Å²) in [6, 6.07) is 0. The van der Waals surface area contributed by atoms with Crippen LogP contribution in [0.4, 0.5) is 0 Å². The fourth-order valence-corrected chi connectivity index (χ4v) is 2.16. The van der Waals surface area contributed by atoms with E-state index in [1.165, 1.54) is 13.8 Å². The molecule has 30 heavy (non-hydrogen) atoms. The van der Waals surface area contributed by atoms with E-state index in [2.05, 4.69) is 4.74 Å². The summed E-state index contributed by atoms with van der Waals surface area (Å²) in [5.41, 5.74) is 0. The maximum absolute atomic E-state index is 11.4. The van der Waals surface area contributed by atoms with Gasteiger partial charge in [-0.25, -0.2) is 0 Å². The molecule has 0 saturated carbocycles. The normalized spacial score (nSPS) is 12.5. The van der Waals surface area contributed by atoms with Gasteiger partial charge in [-0.3, -0.25) is 24.0 Å². The molecule has 0 radical (unpaired) electrons. The fraction of sp³-hybridized carbons (Fsp3) is 0.773. The Bertz CT molecular complexity index is 493. The van der Waals surface area contributed by atoms with Crippen LogP contribution in [0.15, 0.2) is 0 Å². The van der Waals surface area contributed by atoms with Gasteiger partial charge < -0.3 is 14.6 Å².